The lowest BCUT2D eigenvalue weighted by Gasteiger charge is -2.21. The molecule has 50 heavy (non-hydrogen) atoms. The van der Waals surface area contributed by atoms with Gasteiger partial charge in [-0.15, -0.1) is 0 Å². The average Bonchev–Trinajstić information content (AvgIpc) is 3.11. The first-order chi connectivity index (χ1) is 24.6. The SMILES string of the molecule is CCCC/C=C\CCC(CC/C=C\CCCC)OC(=O)CCCCCCCN(CCO)CCCCCCC(=O)OCCC/C=C\CCCCC. The van der Waals surface area contributed by atoms with E-state index >= 15 is 0 Å². The maximum Gasteiger partial charge on any atom is 0.306 e. The molecule has 0 heterocycles. The Morgan fingerprint density at radius 1 is 0.520 bits per heavy atom. The van der Waals surface area contributed by atoms with Crippen molar-refractivity contribution in [3.63, 3.8) is 0 Å². The molecule has 292 valence electrons. The number of allylic oxidation sites excluding steroid dienone is 6. The van der Waals surface area contributed by atoms with Gasteiger partial charge in [0.1, 0.15) is 6.10 Å². The molecular weight excluding hydrogens is 622 g/mol. The van der Waals surface area contributed by atoms with Crippen LogP contribution in [0.1, 0.15) is 194 Å². The summed E-state index contributed by atoms with van der Waals surface area (Å²) >= 11 is 0. The molecule has 0 unspecified atom stereocenters. The van der Waals surface area contributed by atoms with Gasteiger partial charge in [0.25, 0.3) is 0 Å². The maximum atomic E-state index is 12.6. The largest absolute Gasteiger partial charge is 0.466 e. The Bertz CT molecular complexity index is 801. The van der Waals surface area contributed by atoms with E-state index in [1.807, 2.05) is 0 Å². The highest BCUT2D eigenvalue weighted by Gasteiger charge is 2.13. The molecule has 0 rings (SSSR count). The van der Waals surface area contributed by atoms with Gasteiger partial charge in [-0.2, -0.15) is 0 Å². The molecule has 1 N–H and O–H groups in total. The second-order valence-electron chi connectivity index (χ2n) is 14.1. The van der Waals surface area contributed by atoms with Gasteiger partial charge in [-0.05, 0) is 103 Å². The van der Waals surface area contributed by atoms with Crippen LogP contribution >= 0.6 is 0 Å². The van der Waals surface area contributed by atoms with Crippen molar-refractivity contribution in [3.05, 3.63) is 36.5 Å². The predicted molar refractivity (Wildman–Crippen MR) is 213 cm³/mol. The molecule has 0 spiro atoms. The van der Waals surface area contributed by atoms with Crippen LogP contribution in [-0.2, 0) is 19.1 Å². The third kappa shape index (κ3) is 35.9. The average molecular weight is 704 g/mol. The molecule has 0 aromatic rings. The lowest BCUT2D eigenvalue weighted by molar-refractivity contribution is -0.150. The monoisotopic (exact) mass is 704 g/mol. The van der Waals surface area contributed by atoms with Crippen molar-refractivity contribution in [2.24, 2.45) is 0 Å². The van der Waals surface area contributed by atoms with Crippen molar-refractivity contribution in [1.82, 2.24) is 4.90 Å². The number of unbranched alkanes of at least 4 members (excludes halogenated alkanes) is 15. The summed E-state index contributed by atoms with van der Waals surface area (Å²) in [5.41, 5.74) is 0. The van der Waals surface area contributed by atoms with Crippen molar-refractivity contribution in [3.8, 4) is 0 Å². The van der Waals surface area contributed by atoms with Gasteiger partial charge in [-0.1, -0.05) is 128 Å². The minimum absolute atomic E-state index is 0.00980. The molecule has 6 nitrogen and oxygen atoms in total. The number of aliphatic hydroxyl groups is 1. The molecule has 0 saturated carbocycles. The van der Waals surface area contributed by atoms with Crippen LogP contribution in [0.2, 0.25) is 0 Å². The Hall–Kier alpha value is -1.92. The number of esters is 2. The van der Waals surface area contributed by atoms with E-state index in [4.69, 9.17) is 9.47 Å². The maximum absolute atomic E-state index is 12.6. The number of nitrogens with zero attached hydrogens (tertiary/aromatic N) is 1. The lowest BCUT2D eigenvalue weighted by Crippen LogP contribution is -2.29. The Balaban J connectivity index is 4.03. The van der Waals surface area contributed by atoms with E-state index in [0.29, 0.717) is 19.4 Å². The van der Waals surface area contributed by atoms with Crippen molar-refractivity contribution < 1.29 is 24.2 Å². The third-order valence-electron chi connectivity index (χ3n) is 9.19. The zero-order valence-electron chi connectivity index (χ0n) is 33.2. The quantitative estimate of drug-likeness (QED) is 0.0392. The third-order valence-corrected chi connectivity index (χ3v) is 9.19. The van der Waals surface area contributed by atoms with Crippen LogP contribution in [0, 0.1) is 0 Å². The molecule has 0 aliphatic rings. The summed E-state index contributed by atoms with van der Waals surface area (Å²) in [6, 6.07) is 0. The van der Waals surface area contributed by atoms with Crippen LogP contribution in [0.5, 0.6) is 0 Å². The number of carbonyl (C=O) groups is 2. The summed E-state index contributed by atoms with van der Waals surface area (Å²) < 4.78 is 11.3. The highest BCUT2D eigenvalue weighted by Crippen LogP contribution is 2.15. The minimum Gasteiger partial charge on any atom is -0.466 e. The molecule has 0 amide bonds. The zero-order valence-corrected chi connectivity index (χ0v) is 33.2. The van der Waals surface area contributed by atoms with Gasteiger partial charge in [0.15, 0.2) is 0 Å². The summed E-state index contributed by atoms with van der Waals surface area (Å²) in [5, 5.41) is 9.52. The van der Waals surface area contributed by atoms with Gasteiger partial charge in [-0.3, -0.25) is 9.59 Å². The van der Waals surface area contributed by atoms with E-state index in [2.05, 4.69) is 62.1 Å². The topological polar surface area (TPSA) is 76.1 Å². The second kappa shape index (κ2) is 39.9. The highest BCUT2D eigenvalue weighted by atomic mass is 16.5. The molecule has 0 saturated heterocycles. The summed E-state index contributed by atoms with van der Waals surface area (Å²) in [5.74, 6) is -0.107. The molecule has 6 heteroatoms. The molecule has 0 aromatic heterocycles. The van der Waals surface area contributed by atoms with E-state index in [1.165, 1.54) is 44.9 Å². The fraction of sp³-hybridized carbons (Fsp3) is 0.818. The second-order valence-corrected chi connectivity index (χ2v) is 14.1. The number of aliphatic hydroxyl groups excluding tert-OH is 1. The van der Waals surface area contributed by atoms with Crippen LogP contribution < -0.4 is 0 Å². The number of carbonyl (C=O) groups excluding carboxylic acids is 2. The summed E-state index contributed by atoms with van der Waals surface area (Å²) in [4.78, 5) is 27.0. The highest BCUT2D eigenvalue weighted by molar-refractivity contribution is 5.69. The van der Waals surface area contributed by atoms with Gasteiger partial charge in [0, 0.05) is 19.4 Å². The summed E-state index contributed by atoms with van der Waals surface area (Å²) in [6.45, 7) is 10.1. The molecule has 0 atom stereocenters. The van der Waals surface area contributed by atoms with Gasteiger partial charge >= 0.3 is 11.9 Å². The fourth-order valence-electron chi connectivity index (χ4n) is 5.96. The first kappa shape index (κ1) is 48.1. The first-order valence-corrected chi connectivity index (χ1v) is 21.2. The number of rotatable bonds is 38. The predicted octanol–water partition coefficient (Wildman–Crippen LogP) is 12.0. The van der Waals surface area contributed by atoms with Crippen LogP contribution in [-0.4, -0.2) is 60.9 Å². The molecule has 0 radical (unpaired) electrons. The molecular formula is C44H81NO5. The summed E-state index contributed by atoms with van der Waals surface area (Å²) in [6.07, 6.45) is 41.8. The smallest absolute Gasteiger partial charge is 0.306 e. The standard InChI is InChI=1S/C44H81NO5/c1-4-7-10-13-16-17-25-32-41-49-43(47)35-28-22-24-31-38-45(39-40-46)37-30-23-18-21-29-36-44(48)50-42(33-26-19-14-11-8-5-2)34-27-20-15-12-9-6-3/h14-17,19-20,42,46H,4-13,18,21-41H2,1-3H3/b17-16-,19-14-,20-15-. The minimum atomic E-state index is -0.0674. The molecule has 0 aliphatic heterocycles. The van der Waals surface area contributed by atoms with Crippen molar-refractivity contribution in [1.29, 1.82) is 0 Å². The molecule has 0 bridgehead atoms. The van der Waals surface area contributed by atoms with E-state index in [1.54, 1.807) is 0 Å². The first-order valence-electron chi connectivity index (χ1n) is 21.2. The van der Waals surface area contributed by atoms with Gasteiger partial charge < -0.3 is 19.5 Å². The number of ether oxygens (including phenoxy) is 2. The van der Waals surface area contributed by atoms with Crippen molar-refractivity contribution in [2.75, 3.05) is 32.8 Å². The molecule has 0 fully saturated rings. The van der Waals surface area contributed by atoms with Gasteiger partial charge in [-0.25, -0.2) is 0 Å². The molecule has 0 aromatic carbocycles. The Morgan fingerprint density at radius 2 is 0.980 bits per heavy atom. The van der Waals surface area contributed by atoms with Crippen molar-refractivity contribution in [2.45, 2.75) is 200 Å². The fourth-order valence-corrected chi connectivity index (χ4v) is 5.96. The van der Waals surface area contributed by atoms with Crippen molar-refractivity contribution >= 4 is 11.9 Å². The Labute approximate surface area is 309 Å². The van der Waals surface area contributed by atoms with Crippen LogP contribution in [0.15, 0.2) is 36.5 Å². The molecule has 0 aliphatic carbocycles. The lowest BCUT2D eigenvalue weighted by atomic mass is 10.1. The van der Waals surface area contributed by atoms with E-state index in [0.717, 1.165) is 135 Å². The van der Waals surface area contributed by atoms with Crippen LogP contribution in [0.25, 0.3) is 0 Å². The van der Waals surface area contributed by atoms with Gasteiger partial charge in [0.05, 0.1) is 13.2 Å². The Kier molecular flexibility index (Phi) is 38.3. The van der Waals surface area contributed by atoms with E-state index in [-0.39, 0.29) is 24.6 Å². The van der Waals surface area contributed by atoms with Gasteiger partial charge in [0.2, 0.25) is 0 Å². The zero-order chi connectivity index (χ0) is 36.6. The van der Waals surface area contributed by atoms with Crippen LogP contribution in [0.4, 0.5) is 0 Å². The normalized spacial score (nSPS) is 12.0. The Morgan fingerprint density at radius 3 is 1.52 bits per heavy atom. The summed E-state index contributed by atoms with van der Waals surface area (Å²) in [7, 11) is 0. The van der Waals surface area contributed by atoms with Crippen LogP contribution in [0.3, 0.4) is 0 Å². The van der Waals surface area contributed by atoms with E-state index in [9.17, 15) is 14.7 Å². The number of hydrogen-bond donors (Lipinski definition) is 1. The van der Waals surface area contributed by atoms with E-state index < -0.39 is 0 Å². The number of hydrogen-bond acceptors (Lipinski definition) is 6.